The van der Waals surface area contributed by atoms with Crippen molar-refractivity contribution in [2.75, 3.05) is 0 Å². The van der Waals surface area contributed by atoms with E-state index in [1.54, 1.807) is 12.1 Å². The van der Waals surface area contributed by atoms with E-state index in [0.29, 0.717) is 0 Å². The molecule has 8 aromatic rings. The largest absolute Gasteiger partial charge is 0.308 e. The number of aryl methyl sites for hydroxylation is 4. The third kappa shape index (κ3) is 4.07. The third-order valence-electron chi connectivity index (χ3n) is 9.08. The van der Waals surface area contributed by atoms with Crippen LogP contribution >= 0.6 is 0 Å². The SMILES string of the molecule is [C-]#[N+]c1cc(-n2c3ccc(C)cc3c3cc(C)ccc32)c(-n2c3ccc(C)cc3c3cc(C)ccc32)cc1-c1c(F)cccc1F. The van der Waals surface area contributed by atoms with Gasteiger partial charge in [-0.15, -0.1) is 0 Å². The van der Waals surface area contributed by atoms with Crippen molar-refractivity contribution in [1.82, 2.24) is 9.13 Å². The molecule has 8 rings (SSSR count). The summed E-state index contributed by atoms with van der Waals surface area (Å²) < 4.78 is 35.2. The van der Waals surface area contributed by atoms with E-state index in [1.165, 1.54) is 18.2 Å². The minimum absolute atomic E-state index is 0.171. The summed E-state index contributed by atoms with van der Waals surface area (Å²) in [6.45, 7) is 16.5. The molecule has 0 saturated carbocycles. The Kier molecular flexibility index (Phi) is 6.13. The van der Waals surface area contributed by atoms with Gasteiger partial charge in [-0.1, -0.05) is 52.6 Å². The number of hydrogen-bond donors (Lipinski definition) is 0. The molecule has 46 heavy (non-hydrogen) atoms. The van der Waals surface area contributed by atoms with Gasteiger partial charge in [0.15, 0.2) is 5.69 Å². The molecule has 0 spiro atoms. The van der Waals surface area contributed by atoms with Crippen LogP contribution in [0, 0.1) is 45.9 Å². The summed E-state index contributed by atoms with van der Waals surface area (Å²) >= 11 is 0. The fourth-order valence-corrected chi connectivity index (χ4v) is 6.99. The topological polar surface area (TPSA) is 14.2 Å². The average molecular weight is 602 g/mol. The van der Waals surface area contributed by atoms with Crippen LogP contribution in [0.1, 0.15) is 22.3 Å². The number of nitrogens with zero attached hydrogens (tertiary/aromatic N) is 3. The Hall–Kier alpha value is -5.73. The second-order valence-electron chi connectivity index (χ2n) is 12.3. The predicted molar refractivity (Wildman–Crippen MR) is 186 cm³/mol. The highest BCUT2D eigenvalue weighted by molar-refractivity contribution is 6.12. The first-order valence-corrected chi connectivity index (χ1v) is 15.3. The molecule has 0 fully saturated rings. The Morgan fingerprint density at radius 1 is 0.500 bits per heavy atom. The minimum Gasteiger partial charge on any atom is -0.308 e. The van der Waals surface area contributed by atoms with E-state index in [-0.39, 0.29) is 16.8 Å². The number of hydrogen-bond acceptors (Lipinski definition) is 0. The van der Waals surface area contributed by atoms with E-state index in [1.807, 2.05) is 0 Å². The predicted octanol–water partition coefficient (Wildman–Crippen LogP) is 11.6. The normalized spacial score (nSPS) is 11.7. The summed E-state index contributed by atoms with van der Waals surface area (Å²) in [5, 5.41) is 4.38. The number of fused-ring (bicyclic) bond motifs is 6. The number of aromatic nitrogens is 2. The van der Waals surface area contributed by atoms with Crippen LogP contribution in [0.5, 0.6) is 0 Å². The molecule has 0 N–H and O–H groups in total. The number of benzene rings is 6. The smallest absolute Gasteiger partial charge is 0.197 e. The summed E-state index contributed by atoms with van der Waals surface area (Å²) in [7, 11) is 0. The summed E-state index contributed by atoms with van der Waals surface area (Å²) in [5.41, 5.74) is 10.1. The van der Waals surface area contributed by atoms with E-state index in [4.69, 9.17) is 6.57 Å². The van der Waals surface area contributed by atoms with Crippen molar-refractivity contribution in [3.8, 4) is 22.5 Å². The van der Waals surface area contributed by atoms with Crippen LogP contribution in [0.2, 0.25) is 0 Å². The van der Waals surface area contributed by atoms with Gasteiger partial charge in [0.2, 0.25) is 0 Å². The van der Waals surface area contributed by atoms with Crippen LogP contribution < -0.4 is 0 Å². The molecule has 0 bridgehead atoms. The zero-order valence-corrected chi connectivity index (χ0v) is 25.9. The quantitative estimate of drug-likeness (QED) is 0.179. The zero-order valence-electron chi connectivity index (χ0n) is 25.9. The first kappa shape index (κ1) is 27.8. The molecule has 2 heterocycles. The van der Waals surface area contributed by atoms with Gasteiger partial charge in [-0.2, -0.15) is 0 Å². The van der Waals surface area contributed by atoms with Crippen molar-refractivity contribution >= 4 is 49.3 Å². The third-order valence-corrected chi connectivity index (χ3v) is 9.08. The Morgan fingerprint density at radius 2 is 0.870 bits per heavy atom. The second kappa shape index (κ2) is 10.2. The van der Waals surface area contributed by atoms with Crippen molar-refractivity contribution < 1.29 is 8.78 Å². The highest BCUT2D eigenvalue weighted by Gasteiger charge is 2.24. The fraction of sp³-hybridized carbons (Fsp3) is 0.0976. The first-order valence-electron chi connectivity index (χ1n) is 15.3. The van der Waals surface area contributed by atoms with E-state index in [9.17, 15) is 0 Å². The van der Waals surface area contributed by atoms with Gasteiger partial charge in [0, 0.05) is 27.1 Å². The molecule has 0 amide bonds. The van der Waals surface area contributed by atoms with Gasteiger partial charge < -0.3 is 9.13 Å². The van der Waals surface area contributed by atoms with Gasteiger partial charge in [-0.05, 0) is 106 Å². The summed E-state index contributed by atoms with van der Waals surface area (Å²) in [5.74, 6) is -1.42. The van der Waals surface area contributed by atoms with Gasteiger partial charge >= 0.3 is 0 Å². The molecule has 5 heteroatoms. The van der Waals surface area contributed by atoms with Crippen LogP contribution in [-0.4, -0.2) is 9.13 Å². The van der Waals surface area contributed by atoms with Gasteiger partial charge in [-0.25, -0.2) is 13.6 Å². The molecule has 0 aliphatic heterocycles. The molecule has 0 aliphatic rings. The summed E-state index contributed by atoms with van der Waals surface area (Å²) in [6.07, 6.45) is 0. The highest BCUT2D eigenvalue weighted by Crippen LogP contribution is 2.44. The van der Waals surface area contributed by atoms with E-state index >= 15 is 8.78 Å². The molecule has 0 unspecified atom stereocenters. The van der Waals surface area contributed by atoms with Crippen LogP contribution in [0.25, 0.3) is 71.0 Å². The van der Waals surface area contributed by atoms with E-state index in [2.05, 4.69) is 114 Å². The lowest BCUT2D eigenvalue weighted by molar-refractivity contribution is 0.590. The maximum Gasteiger partial charge on any atom is 0.197 e. The molecular formula is C41H29F2N3. The maximum absolute atomic E-state index is 15.4. The fourth-order valence-electron chi connectivity index (χ4n) is 6.99. The van der Waals surface area contributed by atoms with E-state index in [0.717, 1.165) is 77.2 Å². The molecule has 0 aliphatic carbocycles. The number of halogens is 2. The molecule has 6 aromatic carbocycles. The van der Waals surface area contributed by atoms with Crippen molar-refractivity contribution in [3.05, 3.63) is 148 Å². The van der Waals surface area contributed by atoms with Crippen LogP contribution in [0.15, 0.2) is 103 Å². The Bertz CT molecular complexity index is 2470. The minimum atomic E-state index is -0.708. The van der Waals surface area contributed by atoms with Crippen molar-refractivity contribution in [3.63, 3.8) is 0 Å². The van der Waals surface area contributed by atoms with Crippen LogP contribution in [-0.2, 0) is 0 Å². The lowest BCUT2D eigenvalue weighted by Crippen LogP contribution is -2.05. The Morgan fingerprint density at radius 3 is 1.24 bits per heavy atom. The molecule has 2 aromatic heterocycles. The summed E-state index contributed by atoms with van der Waals surface area (Å²) in [6, 6.07) is 33.0. The van der Waals surface area contributed by atoms with Crippen molar-refractivity contribution in [2.45, 2.75) is 27.7 Å². The maximum atomic E-state index is 15.4. The molecule has 222 valence electrons. The molecule has 0 atom stereocenters. The monoisotopic (exact) mass is 601 g/mol. The van der Waals surface area contributed by atoms with Gasteiger partial charge in [0.1, 0.15) is 11.6 Å². The van der Waals surface area contributed by atoms with Crippen LogP contribution in [0.4, 0.5) is 14.5 Å². The average Bonchev–Trinajstić information content (AvgIpc) is 3.51. The summed E-state index contributed by atoms with van der Waals surface area (Å²) in [4.78, 5) is 3.85. The van der Waals surface area contributed by atoms with Gasteiger partial charge in [0.25, 0.3) is 0 Å². The highest BCUT2D eigenvalue weighted by atomic mass is 19.1. The van der Waals surface area contributed by atoms with E-state index < -0.39 is 11.6 Å². The lowest BCUT2D eigenvalue weighted by atomic mass is 10.00. The molecular weight excluding hydrogens is 572 g/mol. The molecule has 3 nitrogen and oxygen atoms in total. The molecule has 0 radical (unpaired) electrons. The van der Waals surface area contributed by atoms with Crippen LogP contribution in [0.3, 0.4) is 0 Å². The Balaban J connectivity index is 1.61. The Labute approximate surface area is 265 Å². The standard InChI is InChI=1S/C41H29F2N3/c1-23-9-13-35-27(17-23)28-18-24(2)10-14-36(28)45(35)39-21-31(41-32(42)7-6-8-33(41)43)34(44-5)22-40(39)46-37-15-11-25(3)19-29(37)30-20-26(4)12-16-38(30)46/h6-22H,1-4H3. The van der Waals surface area contributed by atoms with Gasteiger partial charge in [-0.3, -0.25) is 0 Å². The zero-order chi connectivity index (χ0) is 31.9. The van der Waals surface area contributed by atoms with Crippen molar-refractivity contribution in [2.24, 2.45) is 0 Å². The van der Waals surface area contributed by atoms with Gasteiger partial charge in [0.05, 0.1) is 40.0 Å². The lowest BCUT2D eigenvalue weighted by Gasteiger charge is -2.20. The molecule has 0 saturated heterocycles. The van der Waals surface area contributed by atoms with Crippen molar-refractivity contribution in [1.29, 1.82) is 0 Å². The number of rotatable bonds is 3. The first-order chi connectivity index (χ1) is 22.2. The second-order valence-corrected chi connectivity index (χ2v) is 12.3.